The zero-order valence-corrected chi connectivity index (χ0v) is 24.8. The van der Waals surface area contributed by atoms with E-state index in [0.717, 1.165) is 50.2 Å². The number of hydrogen-bond donors (Lipinski definition) is 5. The summed E-state index contributed by atoms with van der Waals surface area (Å²) in [6.45, 7) is 4.02. The zero-order chi connectivity index (χ0) is 31.5. The molecule has 10 nitrogen and oxygen atoms in total. The average Bonchev–Trinajstić information content (AvgIpc) is 2.92. The molecule has 1 rings (SSSR count). The lowest BCUT2D eigenvalue weighted by molar-refractivity contribution is -0.172. The van der Waals surface area contributed by atoms with Crippen molar-refractivity contribution >= 4 is 29.6 Å². The van der Waals surface area contributed by atoms with E-state index in [1.807, 2.05) is 6.92 Å². The molecule has 10 heteroatoms. The molecular weight excluding hydrogens is 542 g/mol. The summed E-state index contributed by atoms with van der Waals surface area (Å²) >= 11 is 0. The van der Waals surface area contributed by atoms with Gasteiger partial charge in [0, 0.05) is 19.3 Å². The molecule has 42 heavy (non-hydrogen) atoms. The second-order valence-electron chi connectivity index (χ2n) is 11.0. The summed E-state index contributed by atoms with van der Waals surface area (Å²) in [5.41, 5.74) is -1.41. The molecule has 1 aromatic rings. The van der Waals surface area contributed by atoms with Crippen LogP contribution in [0, 0.1) is 12.8 Å². The largest absolute Gasteiger partial charge is 0.481 e. The molecule has 1 aromatic carbocycles. The topological polar surface area (TPSA) is 178 Å². The van der Waals surface area contributed by atoms with E-state index in [1.165, 1.54) is 18.9 Å². The third-order valence-electron chi connectivity index (χ3n) is 7.23. The van der Waals surface area contributed by atoms with E-state index < -0.39 is 47.8 Å². The number of ketones is 1. The van der Waals surface area contributed by atoms with Gasteiger partial charge in [0.25, 0.3) is 0 Å². The minimum Gasteiger partial charge on any atom is -0.481 e. The Morgan fingerprint density at radius 1 is 0.857 bits per heavy atom. The van der Waals surface area contributed by atoms with Gasteiger partial charge in [-0.15, -0.1) is 0 Å². The van der Waals surface area contributed by atoms with Crippen molar-refractivity contribution in [1.29, 1.82) is 0 Å². The molecule has 0 aliphatic carbocycles. The number of carbonyl (C=O) groups excluding carboxylic acids is 2. The van der Waals surface area contributed by atoms with Gasteiger partial charge in [-0.3, -0.25) is 14.4 Å². The van der Waals surface area contributed by atoms with Gasteiger partial charge in [0.15, 0.2) is 5.60 Å². The van der Waals surface area contributed by atoms with Crippen LogP contribution in [0.4, 0.5) is 0 Å². The van der Waals surface area contributed by atoms with E-state index >= 15 is 0 Å². The maximum Gasteiger partial charge on any atom is 0.337 e. The number of aliphatic hydroxyl groups is 1. The van der Waals surface area contributed by atoms with Crippen LogP contribution in [0.25, 0.3) is 0 Å². The van der Waals surface area contributed by atoms with Crippen LogP contribution in [0.1, 0.15) is 102 Å². The number of carboxylic acids is 3. The zero-order valence-electron chi connectivity index (χ0n) is 24.8. The van der Waals surface area contributed by atoms with Gasteiger partial charge in [-0.1, -0.05) is 87.4 Å². The summed E-state index contributed by atoms with van der Waals surface area (Å²) in [5.74, 6) is -7.58. The second-order valence-corrected chi connectivity index (χ2v) is 11.0. The molecule has 1 amide bonds. The van der Waals surface area contributed by atoms with Gasteiger partial charge < -0.3 is 25.7 Å². The van der Waals surface area contributed by atoms with Crippen LogP contribution in [0.3, 0.4) is 0 Å². The number of unbranched alkanes of at least 4 members (excludes halogenated alkanes) is 8. The normalized spacial score (nSPS) is 14.2. The molecule has 234 valence electrons. The first-order valence-electron chi connectivity index (χ1n) is 14.8. The summed E-state index contributed by atoms with van der Waals surface area (Å²) in [6.07, 6.45) is 11.5. The van der Waals surface area contributed by atoms with Gasteiger partial charge in [-0.2, -0.15) is 0 Å². The standard InChI is InChI=1S/C32H47NO9/c1-3-4-5-8-11-14-25(34)15-12-9-6-7-10-13-16-26(32(42,31(40)41)22-28(35)36)29(37)33-27(30(38)39)21-24-19-17-23(2)18-20-24/h13,16-20,26-27,42H,3-12,14-15,21-22H2,1-2H3,(H,33,37)(H,35,36)(H,38,39)(H,40,41)/b16-13+/t26-,27+,32+/m1/s1. The Kier molecular flexibility index (Phi) is 17.0. The van der Waals surface area contributed by atoms with Gasteiger partial charge in [-0.25, -0.2) is 9.59 Å². The van der Waals surface area contributed by atoms with Crippen LogP contribution in [0.15, 0.2) is 36.4 Å². The molecule has 0 saturated carbocycles. The smallest absolute Gasteiger partial charge is 0.337 e. The van der Waals surface area contributed by atoms with Crippen LogP contribution >= 0.6 is 0 Å². The van der Waals surface area contributed by atoms with Crippen molar-refractivity contribution < 1.29 is 44.4 Å². The van der Waals surface area contributed by atoms with Crippen LogP contribution in [-0.4, -0.2) is 61.7 Å². The highest BCUT2D eigenvalue weighted by molar-refractivity contribution is 5.94. The van der Waals surface area contributed by atoms with Crippen LogP contribution in [0.5, 0.6) is 0 Å². The fourth-order valence-electron chi connectivity index (χ4n) is 4.65. The van der Waals surface area contributed by atoms with Crippen molar-refractivity contribution in [3.8, 4) is 0 Å². The maximum absolute atomic E-state index is 13.2. The van der Waals surface area contributed by atoms with Gasteiger partial charge in [0.05, 0.1) is 12.3 Å². The van der Waals surface area contributed by atoms with Gasteiger partial charge >= 0.3 is 17.9 Å². The maximum atomic E-state index is 13.2. The van der Waals surface area contributed by atoms with Crippen LogP contribution < -0.4 is 5.32 Å². The molecule has 0 aliphatic rings. The lowest BCUT2D eigenvalue weighted by Crippen LogP contribution is -2.55. The predicted octanol–water partition coefficient (Wildman–Crippen LogP) is 4.84. The molecule has 5 N–H and O–H groups in total. The Labute approximate surface area is 248 Å². The number of nitrogens with one attached hydrogen (secondary N) is 1. The van der Waals surface area contributed by atoms with Crippen molar-refractivity contribution in [2.45, 2.75) is 115 Å². The molecule has 0 bridgehead atoms. The van der Waals surface area contributed by atoms with Gasteiger partial charge in [0.1, 0.15) is 11.8 Å². The van der Waals surface area contributed by atoms with E-state index in [9.17, 15) is 44.4 Å². The number of rotatable bonds is 23. The van der Waals surface area contributed by atoms with Crippen LogP contribution in [0.2, 0.25) is 0 Å². The highest BCUT2D eigenvalue weighted by atomic mass is 16.4. The van der Waals surface area contributed by atoms with Crippen molar-refractivity contribution in [3.05, 3.63) is 47.5 Å². The molecular formula is C32H47NO9. The Bertz CT molecular complexity index is 1050. The Morgan fingerprint density at radius 2 is 1.43 bits per heavy atom. The number of carbonyl (C=O) groups is 5. The number of hydrogen-bond acceptors (Lipinski definition) is 6. The molecule has 0 spiro atoms. The fraction of sp³-hybridized carbons (Fsp3) is 0.594. The monoisotopic (exact) mass is 589 g/mol. The van der Waals surface area contributed by atoms with Crippen molar-refractivity contribution in [2.24, 2.45) is 5.92 Å². The highest BCUT2D eigenvalue weighted by Crippen LogP contribution is 2.26. The quantitative estimate of drug-likeness (QED) is 0.0882. The first kappa shape index (κ1) is 36.5. The lowest BCUT2D eigenvalue weighted by Gasteiger charge is -2.29. The predicted molar refractivity (Wildman–Crippen MR) is 158 cm³/mol. The van der Waals surface area contributed by atoms with E-state index in [1.54, 1.807) is 24.3 Å². The summed E-state index contributed by atoms with van der Waals surface area (Å²) in [5, 5.41) is 41.7. The number of carboxylic acid groups (broad SMARTS) is 3. The second kappa shape index (κ2) is 19.6. The fourth-order valence-corrected chi connectivity index (χ4v) is 4.65. The third-order valence-corrected chi connectivity index (χ3v) is 7.23. The van der Waals surface area contributed by atoms with E-state index in [-0.39, 0.29) is 12.2 Å². The van der Waals surface area contributed by atoms with Crippen molar-refractivity contribution in [3.63, 3.8) is 0 Å². The minimum atomic E-state index is -2.99. The summed E-state index contributed by atoms with van der Waals surface area (Å²) in [6, 6.07) is 5.54. The number of allylic oxidation sites excluding steroid dienone is 1. The minimum absolute atomic E-state index is 0.0937. The molecule has 0 fully saturated rings. The number of aliphatic carboxylic acids is 3. The molecule has 3 atom stereocenters. The molecule has 0 heterocycles. The molecule has 0 aromatic heterocycles. The first-order chi connectivity index (χ1) is 19.9. The van der Waals surface area contributed by atoms with E-state index in [2.05, 4.69) is 12.2 Å². The third kappa shape index (κ3) is 13.9. The number of aryl methyl sites for hydroxylation is 1. The highest BCUT2D eigenvalue weighted by Gasteiger charge is 2.49. The SMILES string of the molecule is CCCCCCCC(=O)CCCCCC/C=C/[C@H](C(=O)N[C@@H](Cc1ccc(C)cc1)C(=O)O)[C@@](O)(CC(=O)O)C(=O)O. The summed E-state index contributed by atoms with van der Waals surface area (Å²) < 4.78 is 0. The van der Waals surface area contributed by atoms with E-state index in [4.69, 9.17) is 0 Å². The Hall–Kier alpha value is -3.53. The number of amides is 1. The number of benzene rings is 1. The summed E-state index contributed by atoms with van der Waals surface area (Å²) in [7, 11) is 0. The molecule has 0 saturated heterocycles. The van der Waals surface area contributed by atoms with Crippen molar-refractivity contribution in [1.82, 2.24) is 5.32 Å². The molecule has 0 aliphatic heterocycles. The Morgan fingerprint density at radius 3 is 1.95 bits per heavy atom. The Balaban J connectivity index is 2.77. The molecule has 0 unspecified atom stereocenters. The van der Waals surface area contributed by atoms with Gasteiger partial charge in [0.2, 0.25) is 5.91 Å². The first-order valence-corrected chi connectivity index (χ1v) is 14.8. The van der Waals surface area contributed by atoms with Crippen LogP contribution in [-0.2, 0) is 30.4 Å². The van der Waals surface area contributed by atoms with Gasteiger partial charge in [-0.05, 0) is 38.2 Å². The molecule has 0 radical (unpaired) electrons. The summed E-state index contributed by atoms with van der Waals surface area (Å²) in [4.78, 5) is 60.4. The average molecular weight is 590 g/mol. The van der Waals surface area contributed by atoms with Crippen molar-refractivity contribution in [2.75, 3.05) is 0 Å². The lowest BCUT2D eigenvalue weighted by atomic mass is 9.82. The van der Waals surface area contributed by atoms with E-state index in [0.29, 0.717) is 31.2 Å². The number of Topliss-reactive ketones (excluding diaryl/α,β-unsaturated/α-hetero) is 1.